The molecule has 31 heavy (non-hydrogen) atoms. The third-order valence-corrected chi connectivity index (χ3v) is 5.66. The van der Waals surface area contributed by atoms with Gasteiger partial charge in [0.05, 0.1) is 31.5 Å². The third kappa shape index (κ3) is 3.56. The van der Waals surface area contributed by atoms with E-state index >= 15 is 0 Å². The monoisotopic (exact) mass is 419 g/mol. The lowest BCUT2D eigenvalue weighted by Gasteiger charge is -2.24. The molecule has 1 atom stereocenters. The van der Waals surface area contributed by atoms with E-state index in [1.807, 2.05) is 31.2 Å². The number of carbonyl (C=O) groups excluding carboxylic acids is 2. The first kappa shape index (κ1) is 20.7. The van der Waals surface area contributed by atoms with Gasteiger partial charge in [0, 0.05) is 12.0 Å². The van der Waals surface area contributed by atoms with Crippen molar-refractivity contribution < 1.29 is 19.1 Å². The van der Waals surface area contributed by atoms with Crippen LogP contribution in [-0.4, -0.2) is 35.7 Å². The summed E-state index contributed by atoms with van der Waals surface area (Å²) < 4.78 is 12.6. The van der Waals surface area contributed by atoms with Crippen LogP contribution < -0.4 is 14.8 Å². The van der Waals surface area contributed by atoms with Crippen LogP contribution in [0.4, 0.5) is 5.82 Å². The molecule has 0 saturated heterocycles. The van der Waals surface area contributed by atoms with E-state index in [9.17, 15) is 9.59 Å². The molecule has 0 saturated carbocycles. The molecule has 0 unspecified atom stereocenters. The summed E-state index contributed by atoms with van der Waals surface area (Å²) in [4.78, 5) is 26.3. The number of aromatic nitrogens is 2. The fourth-order valence-electron chi connectivity index (χ4n) is 4.13. The maximum atomic E-state index is 13.7. The summed E-state index contributed by atoms with van der Waals surface area (Å²) in [5, 5.41) is 7.60. The Balaban J connectivity index is 1.85. The van der Waals surface area contributed by atoms with E-state index in [0.717, 1.165) is 23.2 Å². The summed E-state index contributed by atoms with van der Waals surface area (Å²) in [6, 6.07) is 13.2. The first-order chi connectivity index (χ1) is 15.0. The van der Waals surface area contributed by atoms with Crippen LogP contribution in [0.1, 0.15) is 46.4 Å². The molecule has 3 aromatic rings. The van der Waals surface area contributed by atoms with Gasteiger partial charge in [-0.15, -0.1) is 0 Å². The minimum atomic E-state index is -0.683. The average molecular weight is 419 g/mol. The predicted molar refractivity (Wildman–Crippen MR) is 118 cm³/mol. The highest BCUT2D eigenvalue weighted by Gasteiger charge is 2.38. The molecule has 0 fully saturated rings. The second-order valence-corrected chi connectivity index (χ2v) is 7.49. The molecule has 160 valence electrons. The standard InChI is InChI=1S/C24H25N3O4/c1-5-15-8-6-9-16(12-15)27-24-21(14(2)26-27)17(13-20(28)25-24)23(29)22-18(30-3)10-7-11-19(22)31-4/h6-12,17H,5,13H2,1-4H3,(H,25,28)/t17-/m1/s1. The quantitative estimate of drug-likeness (QED) is 0.609. The first-order valence-corrected chi connectivity index (χ1v) is 10.2. The Bertz CT molecular complexity index is 1140. The Labute approximate surface area is 181 Å². The van der Waals surface area contributed by atoms with Crippen molar-refractivity contribution in [3.05, 3.63) is 64.8 Å². The van der Waals surface area contributed by atoms with Gasteiger partial charge in [0.2, 0.25) is 5.91 Å². The molecule has 0 bridgehead atoms. The van der Waals surface area contributed by atoms with Crippen LogP contribution >= 0.6 is 0 Å². The normalized spacial score (nSPS) is 15.2. The highest BCUT2D eigenvalue weighted by molar-refractivity contribution is 6.10. The van der Waals surface area contributed by atoms with Crippen LogP contribution in [-0.2, 0) is 11.2 Å². The Kier molecular flexibility index (Phi) is 5.50. The molecule has 1 aromatic heterocycles. The van der Waals surface area contributed by atoms with Gasteiger partial charge in [-0.05, 0) is 43.2 Å². The number of carbonyl (C=O) groups is 2. The Hall–Kier alpha value is -3.61. The second kappa shape index (κ2) is 8.26. The summed E-state index contributed by atoms with van der Waals surface area (Å²) in [6.07, 6.45) is 0.923. The van der Waals surface area contributed by atoms with Gasteiger partial charge in [-0.1, -0.05) is 25.1 Å². The van der Waals surface area contributed by atoms with Crippen molar-refractivity contribution in [3.63, 3.8) is 0 Å². The summed E-state index contributed by atoms with van der Waals surface area (Å²) >= 11 is 0. The van der Waals surface area contributed by atoms with E-state index in [1.54, 1.807) is 22.9 Å². The lowest BCUT2D eigenvalue weighted by molar-refractivity contribution is -0.116. The van der Waals surface area contributed by atoms with Crippen molar-refractivity contribution in [3.8, 4) is 17.2 Å². The molecule has 2 aromatic carbocycles. The molecular formula is C24H25N3O4. The number of nitrogens with one attached hydrogen (secondary N) is 1. The molecule has 0 radical (unpaired) electrons. The number of fused-ring (bicyclic) bond motifs is 1. The number of aryl methyl sites for hydroxylation is 2. The molecule has 7 nitrogen and oxygen atoms in total. The number of methoxy groups -OCH3 is 2. The minimum absolute atomic E-state index is 0.0363. The van der Waals surface area contributed by atoms with E-state index in [-0.39, 0.29) is 18.1 Å². The number of Topliss-reactive ketones (excluding diaryl/α,β-unsaturated/α-hetero) is 1. The summed E-state index contributed by atoms with van der Waals surface area (Å²) in [6.45, 7) is 3.94. The number of ether oxygens (including phenoxy) is 2. The van der Waals surface area contributed by atoms with Crippen LogP contribution in [0.5, 0.6) is 11.5 Å². The van der Waals surface area contributed by atoms with E-state index in [4.69, 9.17) is 9.47 Å². The van der Waals surface area contributed by atoms with Crippen LogP contribution in [0.2, 0.25) is 0 Å². The zero-order valence-electron chi connectivity index (χ0n) is 18.1. The summed E-state index contributed by atoms with van der Waals surface area (Å²) in [5.74, 6) is 0.226. The number of rotatable bonds is 6. The Morgan fingerprint density at radius 1 is 1.16 bits per heavy atom. The molecule has 0 aliphatic carbocycles. The highest BCUT2D eigenvalue weighted by atomic mass is 16.5. The van der Waals surface area contributed by atoms with E-state index < -0.39 is 5.92 Å². The van der Waals surface area contributed by atoms with Crippen molar-refractivity contribution in [2.75, 3.05) is 19.5 Å². The van der Waals surface area contributed by atoms with Gasteiger partial charge in [0.1, 0.15) is 22.9 Å². The zero-order chi connectivity index (χ0) is 22.1. The fourth-order valence-corrected chi connectivity index (χ4v) is 4.13. The van der Waals surface area contributed by atoms with Gasteiger partial charge in [-0.2, -0.15) is 5.10 Å². The van der Waals surface area contributed by atoms with Gasteiger partial charge in [-0.25, -0.2) is 4.68 Å². The topological polar surface area (TPSA) is 82.5 Å². The van der Waals surface area contributed by atoms with E-state index in [1.165, 1.54) is 14.2 Å². The van der Waals surface area contributed by atoms with Gasteiger partial charge in [-0.3, -0.25) is 9.59 Å². The smallest absolute Gasteiger partial charge is 0.226 e. The van der Waals surface area contributed by atoms with Crippen molar-refractivity contribution in [2.45, 2.75) is 32.6 Å². The van der Waals surface area contributed by atoms with E-state index in [2.05, 4.69) is 17.3 Å². The predicted octanol–water partition coefficient (Wildman–Crippen LogP) is 4.07. The zero-order valence-corrected chi connectivity index (χ0v) is 18.1. The Morgan fingerprint density at radius 2 is 1.84 bits per heavy atom. The third-order valence-electron chi connectivity index (χ3n) is 5.66. The van der Waals surface area contributed by atoms with Crippen LogP contribution in [0.3, 0.4) is 0 Å². The number of benzene rings is 2. The van der Waals surface area contributed by atoms with Crippen molar-refractivity contribution in [1.82, 2.24) is 9.78 Å². The van der Waals surface area contributed by atoms with Gasteiger partial charge in [0.25, 0.3) is 0 Å². The lowest BCUT2D eigenvalue weighted by atomic mass is 9.85. The number of nitrogens with zero attached hydrogens (tertiary/aromatic N) is 2. The average Bonchev–Trinajstić information content (AvgIpc) is 3.13. The van der Waals surface area contributed by atoms with Gasteiger partial charge >= 0.3 is 0 Å². The first-order valence-electron chi connectivity index (χ1n) is 10.2. The fraction of sp³-hybridized carbons (Fsp3) is 0.292. The highest BCUT2D eigenvalue weighted by Crippen LogP contribution is 2.41. The number of hydrogen-bond acceptors (Lipinski definition) is 5. The number of anilines is 1. The number of hydrogen-bond donors (Lipinski definition) is 1. The second-order valence-electron chi connectivity index (χ2n) is 7.49. The van der Waals surface area contributed by atoms with Crippen molar-refractivity contribution >= 4 is 17.5 Å². The largest absolute Gasteiger partial charge is 0.496 e. The number of amides is 1. The molecule has 7 heteroatoms. The van der Waals surface area contributed by atoms with Crippen molar-refractivity contribution in [2.24, 2.45) is 0 Å². The summed E-state index contributed by atoms with van der Waals surface area (Å²) in [7, 11) is 3.02. The molecule has 1 amide bonds. The van der Waals surface area contributed by atoms with Crippen LogP contribution in [0, 0.1) is 6.92 Å². The number of ketones is 1. The molecule has 1 aliphatic rings. The Morgan fingerprint density at radius 3 is 2.48 bits per heavy atom. The van der Waals surface area contributed by atoms with Crippen LogP contribution in [0.15, 0.2) is 42.5 Å². The molecular weight excluding hydrogens is 394 g/mol. The van der Waals surface area contributed by atoms with Crippen LogP contribution in [0.25, 0.3) is 5.69 Å². The maximum Gasteiger partial charge on any atom is 0.226 e. The maximum absolute atomic E-state index is 13.7. The van der Waals surface area contributed by atoms with Gasteiger partial charge in [0.15, 0.2) is 5.78 Å². The molecule has 0 spiro atoms. The lowest BCUT2D eigenvalue weighted by Crippen LogP contribution is -2.29. The van der Waals surface area contributed by atoms with Gasteiger partial charge < -0.3 is 14.8 Å². The SMILES string of the molecule is CCc1cccc(-n2nc(C)c3c2NC(=O)C[C@H]3C(=O)c2c(OC)cccc2OC)c1. The van der Waals surface area contributed by atoms with Crippen molar-refractivity contribution in [1.29, 1.82) is 0 Å². The molecule has 2 heterocycles. The molecule has 1 aliphatic heterocycles. The minimum Gasteiger partial charge on any atom is -0.496 e. The molecule has 1 N–H and O–H groups in total. The molecule has 4 rings (SSSR count). The van der Waals surface area contributed by atoms with E-state index in [0.29, 0.717) is 28.6 Å². The summed E-state index contributed by atoms with van der Waals surface area (Å²) in [5.41, 5.74) is 3.75.